The first kappa shape index (κ1) is 26.2. The van der Waals surface area contributed by atoms with Crippen LogP contribution >= 0.6 is 11.3 Å². The van der Waals surface area contributed by atoms with Crippen molar-refractivity contribution in [1.29, 1.82) is 5.26 Å². The highest BCUT2D eigenvalue weighted by Gasteiger charge is 2.24. The van der Waals surface area contributed by atoms with E-state index in [-0.39, 0.29) is 11.6 Å². The first-order chi connectivity index (χ1) is 18.4. The number of benzene rings is 1. The minimum absolute atomic E-state index is 0.0807. The number of aromatic nitrogens is 4. The smallest absolute Gasteiger partial charge is 0.316 e. The fraction of sp³-hybridized carbons (Fsp3) is 0.414. The van der Waals surface area contributed by atoms with Gasteiger partial charge in [-0.15, -0.1) is 0 Å². The summed E-state index contributed by atoms with van der Waals surface area (Å²) < 4.78 is 12.0. The van der Waals surface area contributed by atoms with Crippen molar-refractivity contribution in [2.24, 2.45) is 0 Å². The minimum Gasteiger partial charge on any atom is -0.459 e. The lowest BCUT2D eigenvalue weighted by atomic mass is 10.0. The second-order valence-corrected chi connectivity index (χ2v) is 11.5. The number of piperidine rings is 1. The van der Waals surface area contributed by atoms with Crippen LogP contribution < -0.4 is 4.74 Å². The number of rotatable bonds is 8. The number of nitriles is 1. The summed E-state index contributed by atoms with van der Waals surface area (Å²) in [5, 5.41) is 10.5. The lowest BCUT2D eigenvalue weighted by Crippen LogP contribution is -2.39. The lowest BCUT2D eigenvalue weighted by molar-refractivity contribution is -0.0827. The topological polar surface area (TPSA) is 97.1 Å². The van der Waals surface area contributed by atoms with Crippen molar-refractivity contribution < 1.29 is 9.47 Å². The van der Waals surface area contributed by atoms with E-state index in [1.54, 1.807) is 18.5 Å². The average molecular weight is 529 g/mol. The third-order valence-corrected chi connectivity index (χ3v) is 7.41. The summed E-state index contributed by atoms with van der Waals surface area (Å²) in [4.78, 5) is 20.9. The summed E-state index contributed by atoms with van der Waals surface area (Å²) in [7, 11) is 0. The van der Waals surface area contributed by atoms with Crippen molar-refractivity contribution in [2.75, 3.05) is 13.1 Å². The zero-order valence-corrected chi connectivity index (χ0v) is 22.8. The van der Waals surface area contributed by atoms with Gasteiger partial charge >= 0.3 is 6.01 Å². The minimum atomic E-state index is -0.607. The molecule has 4 aromatic rings. The predicted molar refractivity (Wildman–Crippen MR) is 147 cm³/mol. The van der Waals surface area contributed by atoms with Gasteiger partial charge in [0.1, 0.15) is 27.9 Å². The maximum Gasteiger partial charge on any atom is 0.316 e. The van der Waals surface area contributed by atoms with E-state index < -0.39 is 5.92 Å². The van der Waals surface area contributed by atoms with Crippen LogP contribution in [0.3, 0.4) is 0 Å². The van der Waals surface area contributed by atoms with Crippen molar-refractivity contribution in [3.05, 3.63) is 76.7 Å². The summed E-state index contributed by atoms with van der Waals surface area (Å²) in [6, 6.07) is 16.5. The molecule has 1 unspecified atom stereocenters. The Morgan fingerprint density at radius 3 is 2.50 bits per heavy atom. The molecule has 1 atom stereocenters. The molecular formula is C29H32N6O2S. The molecule has 5 rings (SSSR count). The van der Waals surface area contributed by atoms with Gasteiger partial charge < -0.3 is 9.47 Å². The highest BCUT2D eigenvalue weighted by Crippen LogP contribution is 2.30. The number of ether oxygens (including phenoxy) is 2. The molecule has 0 amide bonds. The Morgan fingerprint density at radius 2 is 1.79 bits per heavy atom. The maximum atomic E-state index is 9.84. The summed E-state index contributed by atoms with van der Waals surface area (Å²) >= 11 is 1.40. The van der Waals surface area contributed by atoms with Crippen LogP contribution in [-0.4, -0.2) is 49.6 Å². The van der Waals surface area contributed by atoms with Crippen LogP contribution in [0, 0.1) is 11.3 Å². The summed E-state index contributed by atoms with van der Waals surface area (Å²) in [5.74, 6) is -0.607. The number of hydrogen-bond donors (Lipinski definition) is 0. The third kappa shape index (κ3) is 6.70. The molecule has 0 N–H and O–H groups in total. The van der Waals surface area contributed by atoms with Gasteiger partial charge in [0, 0.05) is 32.0 Å². The lowest BCUT2D eigenvalue weighted by Gasteiger charge is -2.35. The monoisotopic (exact) mass is 528 g/mol. The van der Waals surface area contributed by atoms with Crippen molar-refractivity contribution in [1.82, 2.24) is 24.8 Å². The molecule has 0 bridgehead atoms. The Labute approximate surface area is 227 Å². The van der Waals surface area contributed by atoms with Crippen LogP contribution in [0.1, 0.15) is 61.4 Å². The summed E-state index contributed by atoms with van der Waals surface area (Å²) in [6.07, 6.45) is 5.84. The highest BCUT2D eigenvalue weighted by atomic mass is 32.1. The molecule has 8 nitrogen and oxygen atoms in total. The number of hydrogen-bond acceptors (Lipinski definition) is 9. The first-order valence-electron chi connectivity index (χ1n) is 12.9. The molecule has 1 aliphatic heterocycles. The number of likely N-dealkylation sites (tertiary alicyclic amines) is 1. The molecule has 3 aromatic heterocycles. The molecule has 1 aliphatic rings. The molecular weight excluding hydrogens is 496 g/mol. The van der Waals surface area contributed by atoms with Crippen molar-refractivity contribution >= 4 is 21.7 Å². The number of fused-ring (bicyclic) bond motifs is 1. The van der Waals surface area contributed by atoms with Gasteiger partial charge in [0.25, 0.3) is 0 Å². The molecule has 4 heterocycles. The fourth-order valence-electron chi connectivity index (χ4n) is 4.57. The molecule has 0 spiro atoms. The van der Waals surface area contributed by atoms with E-state index in [0.29, 0.717) is 23.4 Å². The Balaban J connectivity index is 1.15. The Hall–Kier alpha value is -3.45. The second-order valence-electron chi connectivity index (χ2n) is 10.5. The van der Waals surface area contributed by atoms with Crippen LogP contribution in [0.5, 0.6) is 6.01 Å². The normalized spacial score (nSPS) is 15.8. The van der Waals surface area contributed by atoms with E-state index in [2.05, 4.69) is 75.9 Å². The molecule has 9 heteroatoms. The maximum absolute atomic E-state index is 9.84. The zero-order chi connectivity index (χ0) is 26.5. The Bertz CT molecular complexity index is 1370. The third-order valence-electron chi connectivity index (χ3n) is 6.36. The van der Waals surface area contributed by atoms with Crippen molar-refractivity contribution in [3.8, 4) is 12.1 Å². The Morgan fingerprint density at radius 1 is 1.03 bits per heavy atom. The zero-order valence-electron chi connectivity index (χ0n) is 22.0. The summed E-state index contributed by atoms with van der Waals surface area (Å²) in [5.41, 5.74) is 3.57. The molecule has 0 saturated carbocycles. The second kappa shape index (κ2) is 11.5. The van der Waals surface area contributed by atoms with Crippen LogP contribution in [0.15, 0.2) is 54.9 Å². The number of nitrogens with zero attached hydrogens (tertiary/aromatic N) is 6. The van der Waals surface area contributed by atoms with Gasteiger partial charge in [-0.2, -0.15) is 10.2 Å². The molecule has 1 aromatic carbocycles. The van der Waals surface area contributed by atoms with Gasteiger partial charge in [-0.25, -0.2) is 15.0 Å². The van der Waals surface area contributed by atoms with Crippen molar-refractivity contribution in [3.63, 3.8) is 0 Å². The number of pyridine rings is 1. The molecule has 38 heavy (non-hydrogen) atoms. The predicted octanol–water partition coefficient (Wildman–Crippen LogP) is 5.50. The van der Waals surface area contributed by atoms with Gasteiger partial charge in [0.15, 0.2) is 0 Å². The molecule has 1 saturated heterocycles. The Kier molecular flexibility index (Phi) is 7.93. The van der Waals surface area contributed by atoms with E-state index in [1.807, 2.05) is 12.1 Å². The standard InChI is InChI=1S/C29H32N6O2S/c1-29(2,3)37-22-11-15-35(16-12-22)18-20-6-8-21(9-7-20)19-36-28-32-14-10-24(34-28)23(17-30)26-33-25-5-4-13-31-27(25)38-26/h4-10,13-14,22-23H,11-12,15-16,18-19H2,1-3H3. The molecule has 1 fully saturated rings. The van der Waals surface area contributed by atoms with Gasteiger partial charge in [-0.3, -0.25) is 4.90 Å². The van der Waals surface area contributed by atoms with E-state index in [9.17, 15) is 5.26 Å². The van der Waals surface area contributed by atoms with Gasteiger partial charge in [0.05, 0.1) is 23.5 Å². The van der Waals surface area contributed by atoms with E-state index in [1.165, 1.54) is 16.9 Å². The highest BCUT2D eigenvalue weighted by molar-refractivity contribution is 7.18. The van der Waals surface area contributed by atoms with E-state index in [4.69, 9.17) is 9.47 Å². The summed E-state index contributed by atoms with van der Waals surface area (Å²) in [6.45, 7) is 9.76. The van der Waals surface area contributed by atoms with Gasteiger partial charge in [0.2, 0.25) is 0 Å². The van der Waals surface area contributed by atoms with Crippen molar-refractivity contribution in [2.45, 2.75) is 64.4 Å². The number of thiazole rings is 1. The molecule has 0 radical (unpaired) electrons. The average Bonchev–Trinajstić information content (AvgIpc) is 3.33. The molecule has 196 valence electrons. The van der Waals surface area contributed by atoms with Crippen LogP contribution in [-0.2, 0) is 17.9 Å². The van der Waals surface area contributed by atoms with E-state index >= 15 is 0 Å². The van der Waals surface area contributed by atoms with Gasteiger partial charge in [-0.05, 0) is 62.9 Å². The SMILES string of the molecule is CC(C)(C)OC1CCN(Cc2ccc(COc3nccc(C(C#N)c4nc5cccnc5s4)n3)cc2)CC1. The van der Waals surface area contributed by atoms with Crippen LogP contribution in [0.4, 0.5) is 0 Å². The molecule has 0 aliphatic carbocycles. The van der Waals surface area contributed by atoms with Crippen LogP contribution in [0.25, 0.3) is 10.3 Å². The largest absolute Gasteiger partial charge is 0.459 e. The fourth-order valence-corrected chi connectivity index (χ4v) is 5.54. The van der Waals surface area contributed by atoms with E-state index in [0.717, 1.165) is 48.4 Å². The first-order valence-corrected chi connectivity index (χ1v) is 13.7. The van der Waals surface area contributed by atoms with Gasteiger partial charge in [-0.1, -0.05) is 35.6 Å². The van der Waals surface area contributed by atoms with Crippen LogP contribution in [0.2, 0.25) is 0 Å². The quantitative estimate of drug-likeness (QED) is 0.296.